The smallest absolute Gasteiger partial charge is 0.320 e. The first-order valence-corrected chi connectivity index (χ1v) is 7.70. The summed E-state index contributed by atoms with van der Waals surface area (Å²) >= 11 is 0. The molecular weight excluding hydrogens is 264 g/mol. The van der Waals surface area contributed by atoms with Gasteiger partial charge in [-0.1, -0.05) is 31.0 Å². The highest BCUT2D eigenvalue weighted by Gasteiger charge is 2.28. The zero-order chi connectivity index (χ0) is 14.8. The highest BCUT2D eigenvalue weighted by molar-refractivity contribution is 5.84. The van der Waals surface area contributed by atoms with Gasteiger partial charge in [0, 0.05) is 23.1 Å². The van der Waals surface area contributed by atoms with E-state index in [-0.39, 0.29) is 6.04 Å². The van der Waals surface area contributed by atoms with E-state index in [1.165, 1.54) is 10.9 Å². The van der Waals surface area contributed by atoms with Crippen molar-refractivity contribution in [2.24, 2.45) is 0 Å². The van der Waals surface area contributed by atoms with Gasteiger partial charge in [-0.3, -0.25) is 9.69 Å². The Morgan fingerprint density at radius 1 is 1.33 bits per heavy atom. The highest BCUT2D eigenvalue weighted by Crippen LogP contribution is 2.26. The fourth-order valence-corrected chi connectivity index (χ4v) is 3.38. The summed E-state index contributed by atoms with van der Waals surface area (Å²) in [5.41, 5.74) is 3.51. The van der Waals surface area contributed by atoms with Crippen molar-refractivity contribution in [3.8, 4) is 0 Å². The number of H-pyrrole nitrogens is 1. The van der Waals surface area contributed by atoms with Crippen LogP contribution in [0.1, 0.15) is 36.9 Å². The maximum Gasteiger partial charge on any atom is 0.320 e. The van der Waals surface area contributed by atoms with Gasteiger partial charge in [0.15, 0.2) is 0 Å². The number of carbonyl (C=O) groups is 1. The number of nitrogens with one attached hydrogen (secondary N) is 1. The zero-order valence-electron chi connectivity index (χ0n) is 12.4. The van der Waals surface area contributed by atoms with Crippen molar-refractivity contribution in [3.63, 3.8) is 0 Å². The molecule has 0 saturated carbocycles. The average molecular weight is 286 g/mol. The third-order valence-corrected chi connectivity index (χ3v) is 4.54. The molecular formula is C17H22N2O2. The van der Waals surface area contributed by atoms with Crippen LogP contribution >= 0.6 is 0 Å². The summed E-state index contributed by atoms with van der Waals surface area (Å²) in [6, 6.07) is 7.90. The molecule has 21 heavy (non-hydrogen) atoms. The van der Waals surface area contributed by atoms with E-state index in [1.807, 2.05) is 12.1 Å². The van der Waals surface area contributed by atoms with Crippen LogP contribution < -0.4 is 0 Å². The van der Waals surface area contributed by atoms with Gasteiger partial charge in [0.25, 0.3) is 0 Å². The Labute approximate surface area is 124 Å². The molecule has 1 aliphatic heterocycles. The van der Waals surface area contributed by atoms with E-state index in [1.54, 1.807) is 0 Å². The van der Waals surface area contributed by atoms with Crippen LogP contribution in [0.25, 0.3) is 10.9 Å². The fraction of sp³-hybridized carbons (Fsp3) is 0.471. The minimum Gasteiger partial charge on any atom is -0.480 e. The zero-order valence-corrected chi connectivity index (χ0v) is 12.4. The number of aryl methyl sites for hydroxylation is 1. The van der Waals surface area contributed by atoms with Crippen LogP contribution in [0.4, 0.5) is 0 Å². The molecule has 1 aromatic heterocycles. The lowest BCUT2D eigenvalue weighted by molar-refractivity contribution is -0.143. The third kappa shape index (κ3) is 2.81. The van der Waals surface area contributed by atoms with Crippen molar-refractivity contribution in [1.82, 2.24) is 9.88 Å². The van der Waals surface area contributed by atoms with E-state index in [4.69, 9.17) is 0 Å². The number of aromatic amines is 1. The minimum atomic E-state index is -0.686. The Morgan fingerprint density at radius 2 is 2.14 bits per heavy atom. The summed E-state index contributed by atoms with van der Waals surface area (Å²) in [6.07, 6.45) is 4.00. The van der Waals surface area contributed by atoms with Gasteiger partial charge in [-0.15, -0.1) is 0 Å². The number of benzene rings is 1. The molecule has 0 amide bonds. The lowest BCUT2D eigenvalue weighted by atomic mass is 10.1. The first-order chi connectivity index (χ1) is 10.2. The van der Waals surface area contributed by atoms with E-state index in [2.05, 4.69) is 28.9 Å². The summed E-state index contributed by atoms with van der Waals surface area (Å²) in [5, 5.41) is 10.7. The second-order valence-electron chi connectivity index (χ2n) is 5.95. The van der Waals surface area contributed by atoms with E-state index in [9.17, 15) is 9.90 Å². The number of hydrogen-bond donors (Lipinski definition) is 2. The lowest BCUT2D eigenvalue weighted by Crippen LogP contribution is -2.40. The molecule has 1 fully saturated rings. The molecule has 0 bridgehead atoms. The number of aromatic nitrogens is 1. The molecule has 1 atom stereocenters. The number of hydrogen-bond acceptors (Lipinski definition) is 2. The second kappa shape index (κ2) is 5.90. The SMILES string of the molecule is Cc1[nH]c2ccccc2c1CN1CCCCCC1C(=O)O. The number of carboxylic acid groups (broad SMARTS) is 1. The van der Waals surface area contributed by atoms with Gasteiger partial charge in [0.05, 0.1) is 0 Å². The molecule has 1 unspecified atom stereocenters. The quantitative estimate of drug-likeness (QED) is 0.910. The largest absolute Gasteiger partial charge is 0.480 e. The van der Waals surface area contributed by atoms with Crippen LogP contribution in [0.2, 0.25) is 0 Å². The maximum absolute atomic E-state index is 11.5. The third-order valence-electron chi connectivity index (χ3n) is 4.54. The summed E-state index contributed by atoms with van der Waals surface area (Å²) in [6.45, 7) is 3.66. The van der Waals surface area contributed by atoms with Crippen LogP contribution in [0, 0.1) is 6.92 Å². The van der Waals surface area contributed by atoms with Gasteiger partial charge in [0.2, 0.25) is 0 Å². The summed E-state index contributed by atoms with van der Waals surface area (Å²) in [7, 11) is 0. The number of aliphatic carboxylic acids is 1. The Balaban J connectivity index is 1.92. The van der Waals surface area contributed by atoms with Crippen molar-refractivity contribution in [3.05, 3.63) is 35.5 Å². The molecule has 2 N–H and O–H groups in total. The second-order valence-corrected chi connectivity index (χ2v) is 5.95. The number of rotatable bonds is 3. The van der Waals surface area contributed by atoms with Gasteiger partial charge in [-0.2, -0.15) is 0 Å². The van der Waals surface area contributed by atoms with Crippen molar-refractivity contribution in [2.75, 3.05) is 6.54 Å². The van der Waals surface area contributed by atoms with E-state index in [0.717, 1.165) is 43.4 Å². The van der Waals surface area contributed by atoms with Gasteiger partial charge in [0.1, 0.15) is 6.04 Å². The number of fused-ring (bicyclic) bond motifs is 1. The topological polar surface area (TPSA) is 56.3 Å². The number of carboxylic acids is 1. The van der Waals surface area contributed by atoms with E-state index < -0.39 is 5.97 Å². The number of likely N-dealkylation sites (tertiary alicyclic amines) is 1. The van der Waals surface area contributed by atoms with Crippen molar-refractivity contribution < 1.29 is 9.90 Å². The van der Waals surface area contributed by atoms with Crippen LogP contribution in [-0.4, -0.2) is 33.5 Å². The van der Waals surface area contributed by atoms with Gasteiger partial charge < -0.3 is 10.1 Å². The summed E-state index contributed by atoms with van der Waals surface area (Å²) in [5.74, 6) is -0.686. The molecule has 2 aromatic rings. The Morgan fingerprint density at radius 3 is 2.95 bits per heavy atom. The van der Waals surface area contributed by atoms with Crippen molar-refractivity contribution >= 4 is 16.9 Å². The lowest BCUT2D eigenvalue weighted by Gasteiger charge is -2.26. The molecule has 0 radical (unpaired) electrons. The predicted octanol–water partition coefficient (Wildman–Crippen LogP) is 3.31. The molecule has 112 valence electrons. The van der Waals surface area contributed by atoms with Crippen molar-refractivity contribution in [1.29, 1.82) is 0 Å². The van der Waals surface area contributed by atoms with Crippen LogP contribution in [0.5, 0.6) is 0 Å². The van der Waals surface area contributed by atoms with Crippen LogP contribution in [0.3, 0.4) is 0 Å². The van der Waals surface area contributed by atoms with Crippen LogP contribution in [0.15, 0.2) is 24.3 Å². The van der Waals surface area contributed by atoms with Gasteiger partial charge in [-0.05, 0) is 37.9 Å². The van der Waals surface area contributed by atoms with E-state index in [0.29, 0.717) is 6.54 Å². The fourth-order valence-electron chi connectivity index (χ4n) is 3.38. The molecule has 4 heteroatoms. The number of para-hydroxylation sites is 1. The minimum absolute atomic E-state index is 0.347. The highest BCUT2D eigenvalue weighted by atomic mass is 16.4. The molecule has 1 aliphatic rings. The van der Waals surface area contributed by atoms with Crippen molar-refractivity contribution in [2.45, 2.75) is 45.2 Å². The molecule has 3 rings (SSSR count). The summed E-state index contributed by atoms with van der Waals surface area (Å²) in [4.78, 5) is 17.1. The summed E-state index contributed by atoms with van der Waals surface area (Å²) < 4.78 is 0. The Bertz CT molecular complexity index is 647. The molecule has 2 heterocycles. The molecule has 1 aromatic carbocycles. The Hall–Kier alpha value is -1.81. The number of nitrogens with zero attached hydrogens (tertiary/aromatic N) is 1. The average Bonchev–Trinajstić information content (AvgIpc) is 2.64. The first-order valence-electron chi connectivity index (χ1n) is 7.70. The maximum atomic E-state index is 11.5. The van der Waals surface area contributed by atoms with Crippen LogP contribution in [-0.2, 0) is 11.3 Å². The normalized spacial score (nSPS) is 20.5. The predicted molar refractivity (Wildman–Crippen MR) is 83.3 cm³/mol. The molecule has 0 aliphatic carbocycles. The van der Waals surface area contributed by atoms with Gasteiger partial charge >= 0.3 is 5.97 Å². The first kappa shape index (κ1) is 14.1. The Kier molecular flexibility index (Phi) is 3.97. The molecule has 1 saturated heterocycles. The molecule has 0 spiro atoms. The monoisotopic (exact) mass is 286 g/mol. The van der Waals surface area contributed by atoms with Gasteiger partial charge in [-0.25, -0.2) is 0 Å². The van der Waals surface area contributed by atoms with E-state index >= 15 is 0 Å². The standard InChI is InChI=1S/C17H22N2O2/c1-12-14(13-7-4-5-8-15(13)18-12)11-19-10-6-2-3-9-16(19)17(20)21/h4-5,7-8,16,18H,2-3,6,9-11H2,1H3,(H,20,21). The molecule has 4 nitrogen and oxygen atoms in total.